The van der Waals surface area contributed by atoms with Crippen LogP contribution in [0, 0.1) is 5.92 Å². The first-order valence-electron chi connectivity index (χ1n) is 12.8. The molecule has 1 N–H and O–H groups in total. The van der Waals surface area contributed by atoms with Crippen molar-refractivity contribution in [2.24, 2.45) is 5.92 Å². The number of hydrogen-bond acceptors (Lipinski definition) is 7. The molecule has 3 rings (SSSR count). The van der Waals surface area contributed by atoms with Crippen LogP contribution < -0.4 is 9.47 Å². The number of hydrogen-bond donors (Lipinski definition) is 1. The number of thioether (sulfide) groups is 2. The van der Waals surface area contributed by atoms with Crippen LogP contribution in [0.2, 0.25) is 0 Å². The van der Waals surface area contributed by atoms with Crippen molar-refractivity contribution in [3.05, 3.63) is 23.3 Å². The molecular weight excluding hydrogens is 484 g/mol. The van der Waals surface area contributed by atoms with E-state index in [0.29, 0.717) is 23.2 Å². The third-order valence-electron chi connectivity index (χ3n) is 6.82. The van der Waals surface area contributed by atoms with E-state index in [2.05, 4.69) is 13.8 Å². The molecule has 0 aromatic heterocycles. The van der Waals surface area contributed by atoms with Gasteiger partial charge in [-0.05, 0) is 69.3 Å². The molecule has 0 bridgehead atoms. The molecule has 0 amide bonds. The van der Waals surface area contributed by atoms with E-state index in [1.165, 1.54) is 0 Å². The summed E-state index contributed by atoms with van der Waals surface area (Å²) in [6, 6.07) is 3.70. The van der Waals surface area contributed by atoms with Crippen LogP contribution in [0.3, 0.4) is 0 Å². The van der Waals surface area contributed by atoms with Gasteiger partial charge in [0.25, 0.3) is 0 Å². The Kier molecular flexibility index (Phi) is 10.7. The van der Waals surface area contributed by atoms with Crippen molar-refractivity contribution >= 4 is 35.3 Å². The van der Waals surface area contributed by atoms with Gasteiger partial charge in [0, 0.05) is 23.0 Å². The number of Topliss-reactive ketones (excluding diaryl/α,β-unsaturated/α-hetero) is 1. The molecule has 1 saturated carbocycles. The molecule has 0 radical (unpaired) electrons. The molecule has 35 heavy (non-hydrogen) atoms. The van der Waals surface area contributed by atoms with Crippen molar-refractivity contribution in [2.75, 3.05) is 25.2 Å². The molecule has 8 heteroatoms. The van der Waals surface area contributed by atoms with Crippen LogP contribution in [0.1, 0.15) is 81.6 Å². The minimum absolute atomic E-state index is 0.00177. The van der Waals surface area contributed by atoms with Gasteiger partial charge in [-0.15, -0.1) is 11.8 Å². The Morgan fingerprint density at radius 2 is 2.11 bits per heavy atom. The summed E-state index contributed by atoms with van der Waals surface area (Å²) in [6.45, 7) is 6.47. The minimum Gasteiger partial charge on any atom is -0.496 e. The van der Waals surface area contributed by atoms with Gasteiger partial charge in [0.1, 0.15) is 16.4 Å². The van der Waals surface area contributed by atoms with Crippen LogP contribution in [0.4, 0.5) is 0 Å². The average Bonchev–Trinajstić information content (AvgIpc) is 3.37. The Bertz CT molecular complexity index is 875. The maximum atomic E-state index is 12.0. The van der Waals surface area contributed by atoms with Crippen molar-refractivity contribution < 1.29 is 28.9 Å². The van der Waals surface area contributed by atoms with Gasteiger partial charge >= 0.3 is 5.97 Å². The standard InChI is InChI=1S/C27H40O6S2/c1-5-8-21-23(10-9-20(18(3)28)26(21)31-4)32-13-7-14-34-17-24-22(6-2)33-27(35-24)12-11-19(16-27)15-25(29)30/h9-10,19,22,24H,5-8,11-17H2,1-4H3,(H,29,30). The van der Waals surface area contributed by atoms with E-state index in [9.17, 15) is 9.59 Å². The number of carbonyl (C=O) groups excluding carboxylic acids is 1. The number of rotatable bonds is 14. The highest BCUT2D eigenvalue weighted by Crippen LogP contribution is 2.55. The van der Waals surface area contributed by atoms with E-state index in [-0.39, 0.29) is 29.2 Å². The van der Waals surface area contributed by atoms with Gasteiger partial charge in [-0.2, -0.15) is 11.8 Å². The Morgan fingerprint density at radius 3 is 2.77 bits per heavy atom. The van der Waals surface area contributed by atoms with E-state index in [1.807, 2.05) is 29.6 Å². The average molecular weight is 525 g/mol. The first-order valence-corrected chi connectivity index (χ1v) is 14.8. The van der Waals surface area contributed by atoms with Crippen LogP contribution in [0.5, 0.6) is 11.5 Å². The molecule has 4 unspecified atom stereocenters. The number of carboxylic acid groups (broad SMARTS) is 1. The Morgan fingerprint density at radius 1 is 1.31 bits per heavy atom. The summed E-state index contributed by atoms with van der Waals surface area (Å²) in [5.74, 6) is 3.03. The summed E-state index contributed by atoms with van der Waals surface area (Å²) in [5, 5.41) is 9.59. The van der Waals surface area contributed by atoms with Gasteiger partial charge in [0.15, 0.2) is 5.78 Å². The first-order chi connectivity index (χ1) is 16.8. The molecule has 1 aromatic rings. The maximum Gasteiger partial charge on any atom is 0.303 e. The smallest absolute Gasteiger partial charge is 0.303 e. The third kappa shape index (κ3) is 7.32. The molecule has 4 atom stereocenters. The summed E-state index contributed by atoms with van der Waals surface area (Å²) in [7, 11) is 1.61. The lowest BCUT2D eigenvalue weighted by Gasteiger charge is -2.22. The highest BCUT2D eigenvalue weighted by Gasteiger charge is 2.50. The van der Waals surface area contributed by atoms with Crippen molar-refractivity contribution in [3.63, 3.8) is 0 Å². The monoisotopic (exact) mass is 524 g/mol. The fraction of sp³-hybridized carbons (Fsp3) is 0.704. The molecule has 1 saturated heterocycles. The van der Waals surface area contributed by atoms with Crippen LogP contribution in [-0.4, -0.2) is 58.4 Å². The zero-order valence-corrected chi connectivity index (χ0v) is 23.1. The van der Waals surface area contributed by atoms with E-state index >= 15 is 0 Å². The largest absolute Gasteiger partial charge is 0.496 e. The number of methoxy groups -OCH3 is 1. The lowest BCUT2D eigenvalue weighted by atomic mass is 10.0. The SMILES string of the molecule is CCCc1c(OCCCSCC2SC3(CCC(CC(=O)O)C3)OC2CC)ccc(C(C)=O)c1OC. The number of ketones is 1. The second-order valence-electron chi connectivity index (χ2n) is 9.54. The van der Waals surface area contributed by atoms with Crippen molar-refractivity contribution in [3.8, 4) is 11.5 Å². The van der Waals surface area contributed by atoms with Crippen LogP contribution in [0.25, 0.3) is 0 Å². The minimum atomic E-state index is -0.702. The van der Waals surface area contributed by atoms with Crippen molar-refractivity contribution in [1.29, 1.82) is 0 Å². The predicted octanol–water partition coefficient (Wildman–Crippen LogP) is 6.23. The maximum absolute atomic E-state index is 12.0. The number of ether oxygens (including phenoxy) is 3. The van der Waals surface area contributed by atoms with E-state index < -0.39 is 5.97 Å². The third-order valence-corrected chi connectivity index (χ3v) is 9.87. The summed E-state index contributed by atoms with van der Waals surface area (Å²) in [5.41, 5.74) is 1.58. The molecule has 196 valence electrons. The van der Waals surface area contributed by atoms with Gasteiger partial charge in [-0.25, -0.2) is 0 Å². The summed E-state index contributed by atoms with van der Waals surface area (Å²) >= 11 is 3.89. The highest BCUT2D eigenvalue weighted by atomic mass is 32.2. The number of carboxylic acids is 1. The quantitative estimate of drug-likeness (QED) is 0.226. The molecule has 1 aromatic carbocycles. The van der Waals surface area contributed by atoms with Gasteiger partial charge in [-0.3, -0.25) is 9.59 Å². The molecule has 2 fully saturated rings. The number of carbonyl (C=O) groups is 2. The number of benzene rings is 1. The second-order valence-corrected chi connectivity index (χ2v) is 12.3. The van der Waals surface area contributed by atoms with E-state index in [0.717, 1.165) is 67.8 Å². The summed E-state index contributed by atoms with van der Waals surface area (Å²) < 4.78 is 18.2. The fourth-order valence-electron chi connectivity index (χ4n) is 5.21. The number of aliphatic carboxylic acids is 1. The topological polar surface area (TPSA) is 82.1 Å². The molecule has 1 aliphatic heterocycles. The Hall–Kier alpha value is -1.38. The predicted molar refractivity (Wildman–Crippen MR) is 143 cm³/mol. The lowest BCUT2D eigenvalue weighted by Crippen LogP contribution is -2.24. The van der Waals surface area contributed by atoms with Crippen LogP contribution in [0.15, 0.2) is 12.1 Å². The van der Waals surface area contributed by atoms with Crippen molar-refractivity contribution in [2.45, 2.75) is 88.4 Å². The summed E-state index contributed by atoms with van der Waals surface area (Å²) in [6.07, 6.45) is 6.96. The molecule has 6 nitrogen and oxygen atoms in total. The van der Waals surface area contributed by atoms with E-state index in [4.69, 9.17) is 19.3 Å². The zero-order valence-electron chi connectivity index (χ0n) is 21.5. The van der Waals surface area contributed by atoms with Gasteiger partial charge in [-0.1, -0.05) is 20.3 Å². The second kappa shape index (κ2) is 13.2. The Balaban J connectivity index is 1.45. The van der Waals surface area contributed by atoms with Gasteiger partial charge in [0.2, 0.25) is 0 Å². The Labute approximate surface area is 218 Å². The molecule has 1 spiro atoms. The normalized spacial score (nSPS) is 25.8. The van der Waals surface area contributed by atoms with Gasteiger partial charge < -0.3 is 19.3 Å². The molecular formula is C27H40O6S2. The van der Waals surface area contributed by atoms with Gasteiger partial charge in [0.05, 0.1) is 25.4 Å². The molecule has 1 aliphatic carbocycles. The lowest BCUT2D eigenvalue weighted by molar-refractivity contribution is -0.138. The zero-order chi connectivity index (χ0) is 25.4. The highest BCUT2D eigenvalue weighted by molar-refractivity contribution is 8.04. The first kappa shape index (κ1) is 28.2. The summed E-state index contributed by atoms with van der Waals surface area (Å²) in [4.78, 5) is 22.9. The molecule has 1 heterocycles. The fourth-order valence-corrected chi connectivity index (χ4v) is 8.40. The van der Waals surface area contributed by atoms with Crippen LogP contribution in [-0.2, 0) is 16.0 Å². The van der Waals surface area contributed by atoms with E-state index in [1.54, 1.807) is 20.1 Å². The molecule has 2 aliphatic rings. The van der Waals surface area contributed by atoms with Crippen LogP contribution >= 0.6 is 23.5 Å². The van der Waals surface area contributed by atoms with Crippen molar-refractivity contribution in [1.82, 2.24) is 0 Å².